The summed E-state index contributed by atoms with van der Waals surface area (Å²) in [4.78, 5) is 24.9. The molecule has 0 saturated carbocycles. The Kier molecular flexibility index (Phi) is 5.82. The van der Waals surface area contributed by atoms with Gasteiger partial charge in [0.15, 0.2) is 0 Å². The van der Waals surface area contributed by atoms with Gasteiger partial charge in [0, 0.05) is 19.2 Å². The number of hydrogen-bond acceptors (Lipinski definition) is 3. The maximum absolute atomic E-state index is 12.1. The van der Waals surface area contributed by atoms with E-state index >= 15 is 0 Å². The second kappa shape index (κ2) is 7.13. The first-order valence-corrected chi connectivity index (χ1v) is 6.64. The van der Waals surface area contributed by atoms with Gasteiger partial charge in [0.2, 0.25) is 5.91 Å². The van der Waals surface area contributed by atoms with Crippen LogP contribution in [0.1, 0.15) is 17.3 Å². The van der Waals surface area contributed by atoms with E-state index in [0.29, 0.717) is 22.3 Å². The minimum atomic E-state index is -0.213. The number of benzene rings is 1. The summed E-state index contributed by atoms with van der Waals surface area (Å²) in [5.41, 5.74) is 0.500. The van der Waals surface area contributed by atoms with Crippen molar-refractivity contribution in [2.75, 3.05) is 27.2 Å². The number of carbonyl (C=O) groups excluding carboxylic acids is 2. The van der Waals surface area contributed by atoms with Gasteiger partial charge in [-0.05, 0) is 41.1 Å². The summed E-state index contributed by atoms with van der Waals surface area (Å²) < 4.78 is 5.80. The molecule has 0 radical (unpaired) electrons. The number of methoxy groups -OCH3 is 1. The Morgan fingerprint density at radius 3 is 2.63 bits per heavy atom. The molecule has 0 bridgehead atoms. The predicted octanol–water partition coefficient (Wildman–Crippen LogP) is 1.67. The molecule has 0 heterocycles. The molecule has 0 atom stereocenters. The molecule has 5 nitrogen and oxygen atoms in total. The van der Waals surface area contributed by atoms with Gasteiger partial charge in [-0.15, -0.1) is 0 Å². The Hall–Kier alpha value is -1.56. The van der Waals surface area contributed by atoms with Crippen LogP contribution in [0.25, 0.3) is 0 Å². The molecule has 0 fully saturated rings. The van der Waals surface area contributed by atoms with Gasteiger partial charge < -0.3 is 15.0 Å². The Labute approximate surface area is 121 Å². The zero-order chi connectivity index (χ0) is 14.4. The summed E-state index contributed by atoms with van der Waals surface area (Å²) in [6.45, 7) is 2.42. The maximum atomic E-state index is 12.1. The number of hydrogen-bond donors (Lipinski definition) is 1. The van der Waals surface area contributed by atoms with Crippen molar-refractivity contribution in [3.63, 3.8) is 0 Å². The summed E-state index contributed by atoms with van der Waals surface area (Å²) in [5, 5.41) is 2.65. The minimum absolute atomic E-state index is 0.0380. The highest BCUT2D eigenvalue weighted by atomic mass is 79.9. The molecule has 19 heavy (non-hydrogen) atoms. The van der Waals surface area contributed by atoms with Crippen LogP contribution in [0.2, 0.25) is 0 Å². The zero-order valence-corrected chi connectivity index (χ0v) is 12.8. The average Bonchev–Trinajstić information content (AvgIpc) is 2.37. The Balaban J connectivity index is 2.77. The molecule has 0 aliphatic carbocycles. The lowest BCUT2D eigenvalue weighted by atomic mass is 10.2. The van der Waals surface area contributed by atoms with Crippen LogP contribution in [0.5, 0.6) is 5.75 Å². The number of nitrogens with zero attached hydrogens (tertiary/aromatic N) is 1. The lowest BCUT2D eigenvalue weighted by Gasteiger charge is -2.17. The highest BCUT2D eigenvalue weighted by molar-refractivity contribution is 9.10. The number of rotatable bonds is 5. The monoisotopic (exact) mass is 328 g/mol. The first kappa shape index (κ1) is 15.5. The smallest absolute Gasteiger partial charge is 0.254 e. The van der Waals surface area contributed by atoms with Crippen molar-refractivity contribution >= 4 is 27.7 Å². The molecule has 1 aromatic carbocycles. The normalized spacial score (nSPS) is 9.89. The topological polar surface area (TPSA) is 58.6 Å². The summed E-state index contributed by atoms with van der Waals surface area (Å²) in [7, 11) is 3.15. The fraction of sp³-hybridized carbons (Fsp3) is 0.385. The van der Waals surface area contributed by atoms with Crippen LogP contribution in [0.4, 0.5) is 0 Å². The third-order valence-electron chi connectivity index (χ3n) is 2.50. The van der Waals surface area contributed by atoms with Gasteiger partial charge in [-0.2, -0.15) is 0 Å². The van der Waals surface area contributed by atoms with Crippen molar-refractivity contribution in [2.45, 2.75) is 6.92 Å². The van der Waals surface area contributed by atoms with E-state index in [1.165, 1.54) is 4.90 Å². The molecular formula is C13H17BrN2O3. The van der Waals surface area contributed by atoms with Crippen molar-refractivity contribution in [3.8, 4) is 5.75 Å². The average molecular weight is 329 g/mol. The third kappa shape index (κ3) is 4.24. The molecule has 6 heteroatoms. The number of halogens is 1. The molecule has 1 N–H and O–H groups in total. The molecule has 1 aromatic rings. The van der Waals surface area contributed by atoms with Gasteiger partial charge in [-0.1, -0.05) is 0 Å². The Bertz CT molecular complexity index is 477. The SMILES string of the molecule is CCNC(=O)CN(C)C(=O)c1ccc(OC)c(Br)c1. The number of nitrogens with one attached hydrogen (secondary N) is 1. The highest BCUT2D eigenvalue weighted by Crippen LogP contribution is 2.25. The fourth-order valence-electron chi connectivity index (χ4n) is 1.56. The highest BCUT2D eigenvalue weighted by Gasteiger charge is 2.15. The molecule has 0 aliphatic rings. The van der Waals surface area contributed by atoms with E-state index in [0.717, 1.165) is 0 Å². The number of carbonyl (C=O) groups is 2. The maximum Gasteiger partial charge on any atom is 0.254 e. The molecule has 0 spiro atoms. The minimum Gasteiger partial charge on any atom is -0.496 e. The van der Waals surface area contributed by atoms with Crippen molar-refractivity contribution in [2.24, 2.45) is 0 Å². The largest absolute Gasteiger partial charge is 0.496 e. The van der Waals surface area contributed by atoms with Crippen LogP contribution < -0.4 is 10.1 Å². The first-order valence-electron chi connectivity index (χ1n) is 5.85. The molecule has 0 unspecified atom stereocenters. The quantitative estimate of drug-likeness (QED) is 0.894. The van der Waals surface area contributed by atoms with E-state index in [1.807, 2.05) is 6.92 Å². The second-order valence-corrected chi connectivity index (χ2v) is 4.82. The standard InChI is InChI=1S/C13H17BrN2O3/c1-4-15-12(17)8-16(2)13(18)9-5-6-11(19-3)10(14)7-9/h5-7H,4,8H2,1-3H3,(H,15,17). The zero-order valence-electron chi connectivity index (χ0n) is 11.2. The van der Waals surface area contributed by atoms with Crippen LogP contribution in [-0.4, -0.2) is 44.0 Å². The van der Waals surface area contributed by atoms with Gasteiger partial charge >= 0.3 is 0 Å². The van der Waals surface area contributed by atoms with Crippen molar-refractivity contribution in [3.05, 3.63) is 28.2 Å². The summed E-state index contributed by atoms with van der Waals surface area (Å²) in [5.74, 6) is 0.267. The predicted molar refractivity (Wildman–Crippen MR) is 76.3 cm³/mol. The molecule has 2 amide bonds. The van der Waals surface area contributed by atoms with E-state index in [4.69, 9.17) is 4.74 Å². The van der Waals surface area contributed by atoms with Crippen molar-refractivity contribution < 1.29 is 14.3 Å². The molecule has 1 rings (SSSR count). The van der Waals surface area contributed by atoms with E-state index in [2.05, 4.69) is 21.2 Å². The lowest BCUT2D eigenvalue weighted by molar-refractivity contribution is -0.121. The van der Waals surface area contributed by atoms with Crippen molar-refractivity contribution in [1.29, 1.82) is 0 Å². The molecule has 104 valence electrons. The van der Waals surface area contributed by atoms with Crippen LogP contribution >= 0.6 is 15.9 Å². The molecule has 0 aromatic heterocycles. The Morgan fingerprint density at radius 1 is 1.42 bits per heavy atom. The summed E-state index contributed by atoms with van der Waals surface area (Å²) in [6, 6.07) is 5.05. The van der Waals surface area contributed by atoms with Crippen LogP contribution in [0.15, 0.2) is 22.7 Å². The molecular weight excluding hydrogens is 312 g/mol. The van der Waals surface area contributed by atoms with Crippen LogP contribution in [-0.2, 0) is 4.79 Å². The van der Waals surface area contributed by atoms with Gasteiger partial charge in [0.25, 0.3) is 5.91 Å². The summed E-state index contributed by atoms with van der Waals surface area (Å²) in [6.07, 6.45) is 0. The number of amides is 2. The van der Waals surface area contributed by atoms with Gasteiger partial charge in [0.1, 0.15) is 5.75 Å². The summed E-state index contributed by atoms with van der Waals surface area (Å²) >= 11 is 3.33. The van der Waals surface area contributed by atoms with Gasteiger partial charge in [-0.25, -0.2) is 0 Å². The first-order chi connectivity index (χ1) is 8.99. The van der Waals surface area contributed by atoms with Crippen LogP contribution in [0.3, 0.4) is 0 Å². The number of likely N-dealkylation sites (N-methyl/N-ethyl adjacent to an activating group) is 2. The molecule has 0 aliphatic heterocycles. The van der Waals surface area contributed by atoms with E-state index < -0.39 is 0 Å². The third-order valence-corrected chi connectivity index (χ3v) is 3.12. The number of ether oxygens (including phenoxy) is 1. The van der Waals surface area contributed by atoms with Gasteiger partial charge in [-0.3, -0.25) is 9.59 Å². The fourth-order valence-corrected chi connectivity index (χ4v) is 2.10. The molecule has 0 saturated heterocycles. The van der Waals surface area contributed by atoms with Gasteiger partial charge in [0.05, 0.1) is 18.1 Å². The Morgan fingerprint density at radius 2 is 2.11 bits per heavy atom. The van der Waals surface area contributed by atoms with E-state index in [-0.39, 0.29) is 18.4 Å². The van der Waals surface area contributed by atoms with E-state index in [9.17, 15) is 9.59 Å². The van der Waals surface area contributed by atoms with Crippen LogP contribution in [0, 0.1) is 0 Å². The second-order valence-electron chi connectivity index (χ2n) is 3.96. The van der Waals surface area contributed by atoms with Crippen molar-refractivity contribution in [1.82, 2.24) is 10.2 Å². The lowest BCUT2D eigenvalue weighted by Crippen LogP contribution is -2.38. The van der Waals surface area contributed by atoms with E-state index in [1.54, 1.807) is 32.4 Å².